The van der Waals surface area contributed by atoms with Crippen LogP contribution in [0.4, 0.5) is 10.1 Å². The molecule has 0 saturated carbocycles. The van der Waals surface area contributed by atoms with E-state index in [-0.39, 0.29) is 17.3 Å². The molecule has 1 aliphatic carbocycles. The van der Waals surface area contributed by atoms with Gasteiger partial charge in [-0.25, -0.2) is 4.39 Å². The van der Waals surface area contributed by atoms with Crippen molar-refractivity contribution in [3.05, 3.63) is 125 Å². The van der Waals surface area contributed by atoms with E-state index in [0.717, 1.165) is 0 Å². The van der Waals surface area contributed by atoms with E-state index in [9.17, 15) is 18.8 Å². The molecular formula is C36H28FNO6. The van der Waals surface area contributed by atoms with Crippen LogP contribution < -0.4 is 19.1 Å². The Kier molecular flexibility index (Phi) is 6.39. The van der Waals surface area contributed by atoms with E-state index in [4.69, 9.17) is 14.2 Å². The number of carbonyl (C=O) groups is 3. The summed E-state index contributed by atoms with van der Waals surface area (Å²) in [6, 6.07) is 21.2. The largest absolute Gasteiger partial charge is 0.497 e. The quantitative estimate of drug-likeness (QED) is 0.197. The lowest BCUT2D eigenvalue weighted by atomic mass is 9.64. The first-order valence-electron chi connectivity index (χ1n) is 14.2. The summed E-state index contributed by atoms with van der Waals surface area (Å²) < 4.78 is 31.0. The van der Waals surface area contributed by atoms with Gasteiger partial charge in [-0.05, 0) is 48.0 Å². The Labute approximate surface area is 253 Å². The molecule has 0 radical (unpaired) electrons. The van der Waals surface area contributed by atoms with Gasteiger partial charge >= 0.3 is 0 Å². The Balaban J connectivity index is 1.55. The molecular weight excluding hydrogens is 561 g/mol. The van der Waals surface area contributed by atoms with Gasteiger partial charge < -0.3 is 19.1 Å². The van der Waals surface area contributed by atoms with Gasteiger partial charge in [0, 0.05) is 33.9 Å². The van der Waals surface area contributed by atoms with Crippen molar-refractivity contribution in [1.82, 2.24) is 0 Å². The van der Waals surface area contributed by atoms with Crippen LogP contribution in [-0.4, -0.2) is 50.8 Å². The van der Waals surface area contributed by atoms with Gasteiger partial charge in [-0.3, -0.25) is 14.4 Å². The molecule has 3 unspecified atom stereocenters. The van der Waals surface area contributed by atoms with Gasteiger partial charge in [0.25, 0.3) is 0 Å². The zero-order chi connectivity index (χ0) is 30.7. The van der Waals surface area contributed by atoms with Crippen molar-refractivity contribution in [3.63, 3.8) is 0 Å². The average molecular weight is 590 g/mol. The second-order valence-corrected chi connectivity index (χ2v) is 11.1. The van der Waals surface area contributed by atoms with Gasteiger partial charge in [0.1, 0.15) is 23.0 Å². The van der Waals surface area contributed by atoms with Crippen LogP contribution in [0.3, 0.4) is 0 Å². The van der Waals surface area contributed by atoms with Crippen LogP contribution in [0.1, 0.15) is 48.1 Å². The summed E-state index contributed by atoms with van der Waals surface area (Å²) in [5, 5.41) is 0. The lowest BCUT2D eigenvalue weighted by Crippen LogP contribution is -2.48. The Morgan fingerprint density at radius 2 is 1.52 bits per heavy atom. The fourth-order valence-corrected chi connectivity index (χ4v) is 7.31. The van der Waals surface area contributed by atoms with Gasteiger partial charge in [0.05, 0.1) is 27.4 Å². The number of fused-ring (bicyclic) bond motifs is 5. The fourth-order valence-electron chi connectivity index (χ4n) is 7.31. The summed E-state index contributed by atoms with van der Waals surface area (Å²) >= 11 is 0. The van der Waals surface area contributed by atoms with Gasteiger partial charge in [-0.2, -0.15) is 0 Å². The number of hydrogen-bond acceptors (Lipinski definition) is 7. The molecule has 2 aliphatic heterocycles. The van der Waals surface area contributed by atoms with Crippen molar-refractivity contribution in [3.8, 4) is 17.2 Å². The highest BCUT2D eigenvalue weighted by Gasteiger charge is 2.71. The molecule has 1 spiro atoms. The predicted molar refractivity (Wildman–Crippen MR) is 163 cm³/mol. The van der Waals surface area contributed by atoms with E-state index in [1.54, 1.807) is 84.9 Å². The first-order chi connectivity index (χ1) is 21.3. The molecule has 4 aromatic rings. The van der Waals surface area contributed by atoms with Gasteiger partial charge in [-0.15, -0.1) is 0 Å². The first-order valence-corrected chi connectivity index (χ1v) is 14.2. The molecule has 3 aliphatic rings. The number of carbonyl (C=O) groups excluding carboxylic acids is 3. The molecule has 0 amide bonds. The lowest BCUT2D eigenvalue weighted by molar-refractivity contribution is 0.0665. The van der Waals surface area contributed by atoms with Crippen LogP contribution in [0.2, 0.25) is 0 Å². The number of anilines is 1. The van der Waals surface area contributed by atoms with Gasteiger partial charge in [0.2, 0.25) is 0 Å². The van der Waals surface area contributed by atoms with Crippen LogP contribution >= 0.6 is 0 Å². The number of halogens is 1. The number of nitrogens with zero attached hydrogens (tertiary/aromatic N) is 1. The molecule has 7 rings (SSSR count). The predicted octanol–water partition coefficient (Wildman–Crippen LogP) is 6.17. The van der Waals surface area contributed by atoms with Crippen LogP contribution in [0.15, 0.2) is 91.0 Å². The molecule has 0 bridgehead atoms. The SMILES string of the molecule is COc1cccc(C(=O)C2C(c3ccc(OC)c(OC)c3)C3(C(=O)c4ccccc4C3=O)C3C=Cc4cc(F)ccc4N23)c1. The number of benzene rings is 4. The minimum atomic E-state index is -1.70. The molecule has 0 N–H and O–H groups in total. The number of ether oxygens (including phenoxy) is 3. The monoisotopic (exact) mass is 589 g/mol. The van der Waals surface area contributed by atoms with Crippen molar-refractivity contribution in [2.45, 2.75) is 18.0 Å². The van der Waals surface area contributed by atoms with Crippen molar-refractivity contribution in [2.75, 3.05) is 26.2 Å². The lowest BCUT2D eigenvalue weighted by Gasteiger charge is -2.37. The number of Topliss-reactive ketones (excluding diaryl/α,β-unsaturated/α-hetero) is 3. The highest BCUT2D eigenvalue weighted by Crippen LogP contribution is 2.61. The van der Waals surface area contributed by atoms with E-state index in [2.05, 4.69) is 0 Å². The van der Waals surface area contributed by atoms with E-state index in [1.807, 2.05) is 4.90 Å². The molecule has 7 nitrogen and oxygen atoms in total. The molecule has 1 fully saturated rings. The molecule has 8 heteroatoms. The minimum Gasteiger partial charge on any atom is -0.497 e. The second kappa shape index (κ2) is 10.2. The van der Waals surface area contributed by atoms with E-state index in [0.29, 0.717) is 50.8 Å². The number of hydrogen-bond donors (Lipinski definition) is 0. The van der Waals surface area contributed by atoms with Crippen LogP contribution in [0.5, 0.6) is 17.2 Å². The number of methoxy groups -OCH3 is 3. The zero-order valence-electron chi connectivity index (χ0n) is 24.2. The molecule has 1 saturated heterocycles. The van der Waals surface area contributed by atoms with Crippen molar-refractivity contribution >= 4 is 29.1 Å². The maximum absolute atomic E-state index is 14.9. The van der Waals surface area contributed by atoms with E-state index < -0.39 is 29.2 Å². The highest BCUT2D eigenvalue weighted by atomic mass is 19.1. The van der Waals surface area contributed by atoms with Crippen molar-refractivity contribution in [2.24, 2.45) is 5.41 Å². The summed E-state index contributed by atoms with van der Waals surface area (Å²) in [4.78, 5) is 46.3. The summed E-state index contributed by atoms with van der Waals surface area (Å²) in [5.41, 5.74) is 0.938. The average Bonchev–Trinajstić information content (AvgIpc) is 3.49. The Morgan fingerprint density at radius 3 is 2.20 bits per heavy atom. The summed E-state index contributed by atoms with van der Waals surface area (Å²) in [6.45, 7) is 0. The third kappa shape index (κ3) is 3.70. The highest BCUT2D eigenvalue weighted by molar-refractivity contribution is 6.32. The van der Waals surface area contributed by atoms with Gasteiger partial charge in [-0.1, -0.05) is 54.6 Å². The van der Waals surface area contributed by atoms with Crippen molar-refractivity contribution < 1.29 is 33.0 Å². The van der Waals surface area contributed by atoms with E-state index >= 15 is 0 Å². The van der Waals surface area contributed by atoms with Gasteiger partial charge in [0.15, 0.2) is 28.8 Å². The number of ketones is 3. The Hall–Kier alpha value is -5.24. The maximum Gasteiger partial charge on any atom is 0.186 e. The van der Waals surface area contributed by atoms with Crippen molar-refractivity contribution in [1.29, 1.82) is 0 Å². The fraction of sp³-hybridized carbons (Fsp3) is 0.194. The summed E-state index contributed by atoms with van der Waals surface area (Å²) in [6.07, 6.45) is 3.49. The van der Waals surface area contributed by atoms with Crippen LogP contribution in [0.25, 0.3) is 6.08 Å². The Bertz CT molecular complexity index is 1860. The molecule has 4 aromatic carbocycles. The third-order valence-electron chi connectivity index (χ3n) is 9.16. The van der Waals surface area contributed by atoms with Crippen LogP contribution in [0, 0.1) is 11.2 Å². The smallest absolute Gasteiger partial charge is 0.186 e. The molecule has 44 heavy (non-hydrogen) atoms. The third-order valence-corrected chi connectivity index (χ3v) is 9.16. The topological polar surface area (TPSA) is 82.1 Å². The van der Waals surface area contributed by atoms with Crippen LogP contribution in [-0.2, 0) is 0 Å². The zero-order valence-corrected chi connectivity index (χ0v) is 24.2. The normalized spacial score (nSPS) is 20.7. The maximum atomic E-state index is 14.9. The number of rotatable bonds is 6. The minimum absolute atomic E-state index is 0.312. The molecule has 2 heterocycles. The van der Waals surface area contributed by atoms with E-state index in [1.165, 1.54) is 33.5 Å². The molecule has 3 atom stereocenters. The first kappa shape index (κ1) is 27.6. The summed E-state index contributed by atoms with van der Waals surface area (Å²) in [5.74, 6) is -1.08. The summed E-state index contributed by atoms with van der Waals surface area (Å²) in [7, 11) is 4.54. The Morgan fingerprint density at radius 1 is 0.795 bits per heavy atom. The second-order valence-electron chi connectivity index (χ2n) is 11.1. The molecule has 220 valence electrons. The standard InChI is InChI=1S/C36H28FNO6/c1-42-24-8-6-7-22(18-24)33(39)32-31(21-11-15-28(43-2)29(19-21)44-3)36(34(40)25-9-4-5-10-26(25)35(36)41)30-16-12-20-17-23(37)13-14-27(20)38(30)32/h4-19,30-32H,1-3H3. The molecule has 0 aromatic heterocycles.